The summed E-state index contributed by atoms with van der Waals surface area (Å²) in [7, 11) is 1.70. The van der Waals surface area contributed by atoms with Crippen molar-refractivity contribution >= 4 is 0 Å². The second kappa shape index (κ2) is 6.79. The molecule has 2 nitrogen and oxygen atoms in total. The van der Waals surface area contributed by atoms with Gasteiger partial charge in [0.25, 0.3) is 0 Å². The molecular weight excluding hydrogens is 222 g/mol. The predicted molar refractivity (Wildman–Crippen MR) is 78.1 cm³/mol. The Balaban J connectivity index is 2.54. The molecule has 0 aliphatic carbocycles. The van der Waals surface area contributed by atoms with E-state index in [9.17, 15) is 0 Å². The Bertz CT molecular complexity index is 337. The molecular formula is C16H27NO. The van der Waals surface area contributed by atoms with E-state index < -0.39 is 0 Å². The zero-order valence-corrected chi connectivity index (χ0v) is 12.4. The van der Waals surface area contributed by atoms with Gasteiger partial charge in [-0.1, -0.05) is 39.8 Å². The first-order chi connectivity index (χ1) is 8.46. The number of rotatable bonds is 6. The van der Waals surface area contributed by atoms with E-state index in [1.54, 1.807) is 7.11 Å². The first-order valence-corrected chi connectivity index (χ1v) is 6.83. The predicted octanol–water partition coefficient (Wildman–Crippen LogP) is 4.17. The molecule has 2 heteroatoms. The van der Waals surface area contributed by atoms with Crippen LogP contribution in [0.25, 0.3) is 0 Å². The SMILES string of the molecule is CCC(NCCC(C)(C)C)c1ccc(OC)cc1. The summed E-state index contributed by atoms with van der Waals surface area (Å²) in [6, 6.07) is 8.80. The molecule has 102 valence electrons. The van der Waals surface area contributed by atoms with Crippen molar-refractivity contribution in [1.82, 2.24) is 5.32 Å². The fourth-order valence-corrected chi connectivity index (χ4v) is 1.96. The molecule has 1 rings (SSSR count). The lowest BCUT2D eigenvalue weighted by Gasteiger charge is -2.22. The van der Waals surface area contributed by atoms with Crippen molar-refractivity contribution in [2.45, 2.75) is 46.6 Å². The molecule has 1 atom stereocenters. The topological polar surface area (TPSA) is 21.3 Å². The molecule has 0 amide bonds. The molecule has 0 radical (unpaired) electrons. The van der Waals surface area contributed by atoms with E-state index in [0.717, 1.165) is 18.7 Å². The van der Waals surface area contributed by atoms with E-state index in [0.29, 0.717) is 11.5 Å². The lowest BCUT2D eigenvalue weighted by atomic mass is 9.92. The molecule has 1 N–H and O–H groups in total. The lowest BCUT2D eigenvalue weighted by molar-refractivity contribution is 0.352. The van der Waals surface area contributed by atoms with Crippen molar-refractivity contribution in [2.75, 3.05) is 13.7 Å². The fourth-order valence-electron chi connectivity index (χ4n) is 1.96. The third-order valence-electron chi connectivity index (χ3n) is 3.19. The Morgan fingerprint density at radius 1 is 1.17 bits per heavy atom. The average molecular weight is 249 g/mol. The second-order valence-corrected chi connectivity index (χ2v) is 6.00. The summed E-state index contributed by atoms with van der Waals surface area (Å²) in [4.78, 5) is 0. The van der Waals surface area contributed by atoms with E-state index in [-0.39, 0.29) is 0 Å². The molecule has 0 saturated carbocycles. The minimum Gasteiger partial charge on any atom is -0.497 e. The van der Waals surface area contributed by atoms with Gasteiger partial charge in [-0.05, 0) is 42.5 Å². The van der Waals surface area contributed by atoms with Crippen LogP contribution >= 0.6 is 0 Å². The Hall–Kier alpha value is -1.02. The summed E-state index contributed by atoms with van der Waals surface area (Å²) in [5.41, 5.74) is 1.73. The summed E-state index contributed by atoms with van der Waals surface area (Å²) in [6.45, 7) is 10.1. The molecule has 0 aromatic heterocycles. The number of methoxy groups -OCH3 is 1. The standard InChI is InChI=1S/C16H27NO/c1-6-15(17-12-11-16(2,3)4)13-7-9-14(18-5)10-8-13/h7-10,15,17H,6,11-12H2,1-5H3. The van der Waals surface area contributed by atoms with Gasteiger partial charge in [0.05, 0.1) is 7.11 Å². The van der Waals surface area contributed by atoms with Crippen LogP contribution in [0.1, 0.15) is 52.1 Å². The van der Waals surface area contributed by atoms with Gasteiger partial charge in [0.2, 0.25) is 0 Å². The molecule has 1 aromatic carbocycles. The van der Waals surface area contributed by atoms with Gasteiger partial charge in [-0.3, -0.25) is 0 Å². The maximum absolute atomic E-state index is 5.19. The maximum Gasteiger partial charge on any atom is 0.118 e. The summed E-state index contributed by atoms with van der Waals surface area (Å²) in [5.74, 6) is 0.920. The maximum atomic E-state index is 5.19. The number of hydrogen-bond donors (Lipinski definition) is 1. The first-order valence-electron chi connectivity index (χ1n) is 6.83. The summed E-state index contributed by atoms with van der Waals surface area (Å²) in [5, 5.41) is 3.64. The highest BCUT2D eigenvalue weighted by Gasteiger charge is 2.12. The highest BCUT2D eigenvalue weighted by molar-refractivity contribution is 5.29. The molecule has 0 heterocycles. The van der Waals surface area contributed by atoms with Crippen LogP contribution in [0.3, 0.4) is 0 Å². The number of nitrogens with one attached hydrogen (secondary N) is 1. The lowest BCUT2D eigenvalue weighted by Crippen LogP contribution is -2.25. The van der Waals surface area contributed by atoms with Crippen LogP contribution in [0.4, 0.5) is 0 Å². The van der Waals surface area contributed by atoms with Gasteiger partial charge >= 0.3 is 0 Å². The zero-order chi connectivity index (χ0) is 13.6. The van der Waals surface area contributed by atoms with Crippen LogP contribution in [0.5, 0.6) is 5.75 Å². The number of benzene rings is 1. The zero-order valence-electron chi connectivity index (χ0n) is 12.4. The molecule has 1 unspecified atom stereocenters. The first kappa shape index (κ1) is 15.0. The van der Waals surface area contributed by atoms with Gasteiger partial charge in [0, 0.05) is 6.04 Å². The van der Waals surface area contributed by atoms with Gasteiger partial charge in [-0.15, -0.1) is 0 Å². The van der Waals surface area contributed by atoms with Gasteiger partial charge in [0.1, 0.15) is 5.75 Å². The van der Waals surface area contributed by atoms with Crippen molar-refractivity contribution < 1.29 is 4.74 Å². The van der Waals surface area contributed by atoms with Gasteiger partial charge in [-0.2, -0.15) is 0 Å². The molecule has 0 saturated heterocycles. The average Bonchev–Trinajstić information content (AvgIpc) is 2.34. The monoisotopic (exact) mass is 249 g/mol. The van der Waals surface area contributed by atoms with E-state index >= 15 is 0 Å². The van der Waals surface area contributed by atoms with Crippen molar-refractivity contribution in [1.29, 1.82) is 0 Å². The van der Waals surface area contributed by atoms with Gasteiger partial charge in [-0.25, -0.2) is 0 Å². The van der Waals surface area contributed by atoms with E-state index in [1.165, 1.54) is 12.0 Å². The van der Waals surface area contributed by atoms with Crippen molar-refractivity contribution in [3.05, 3.63) is 29.8 Å². The van der Waals surface area contributed by atoms with Crippen LogP contribution in [0, 0.1) is 5.41 Å². The molecule has 18 heavy (non-hydrogen) atoms. The van der Waals surface area contributed by atoms with Crippen LogP contribution in [0.2, 0.25) is 0 Å². The smallest absolute Gasteiger partial charge is 0.118 e. The minimum absolute atomic E-state index is 0.394. The normalized spacial score (nSPS) is 13.4. The highest BCUT2D eigenvalue weighted by atomic mass is 16.5. The van der Waals surface area contributed by atoms with Crippen molar-refractivity contribution in [2.24, 2.45) is 5.41 Å². The van der Waals surface area contributed by atoms with Crippen molar-refractivity contribution in [3.8, 4) is 5.75 Å². The minimum atomic E-state index is 0.394. The summed E-state index contributed by atoms with van der Waals surface area (Å²) in [6.07, 6.45) is 2.30. The second-order valence-electron chi connectivity index (χ2n) is 6.00. The fraction of sp³-hybridized carbons (Fsp3) is 0.625. The molecule has 0 bridgehead atoms. The molecule has 0 aliphatic heterocycles. The third kappa shape index (κ3) is 5.09. The van der Waals surface area contributed by atoms with Gasteiger partial charge in [0.15, 0.2) is 0 Å². The quantitative estimate of drug-likeness (QED) is 0.817. The number of hydrogen-bond acceptors (Lipinski definition) is 2. The van der Waals surface area contributed by atoms with Crippen LogP contribution in [-0.2, 0) is 0 Å². The Labute approximate surface area is 112 Å². The van der Waals surface area contributed by atoms with Crippen LogP contribution in [-0.4, -0.2) is 13.7 Å². The van der Waals surface area contributed by atoms with Crippen molar-refractivity contribution in [3.63, 3.8) is 0 Å². The van der Waals surface area contributed by atoms with Gasteiger partial charge < -0.3 is 10.1 Å². The number of ether oxygens (including phenoxy) is 1. The Morgan fingerprint density at radius 2 is 1.78 bits per heavy atom. The van der Waals surface area contributed by atoms with Crippen LogP contribution in [0.15, 0.2) is 24.3 Å². The highest BCUT2D eigenvalue weighted by Crippen LogP contribution is 2.22. The third-order valence-corrected chi connectivity index (χ3v) is 3.19. The Kier molecular flexibility index (Phi) is 5.67. The molecule has 0 fully saturated rings. The molecule has 0 spiro atoms. The Morgan fingerprint density at radius 3 is 2.22 bits per heavy atom. The molecule has 1 aromatic rings. The van der Waals surface area contributed by atoms with E-state index in [1.807, 2.05) is 12.1 Å². The largest absolute Gasteiger partial charge is 0.497 e. The molecule has 0 aliphatic rings. The summed E-state index contributed by atoms with van der Waals surface area (Å²) < 4.78 is 5.19. The van der Waals surface area contributed by atoms with E-state index in [2.05, 4.69) is 45.1 Å². The van der Waals surface area contributed by atoms with Crippen LogP contribution < -0.4 is 10.1 Å². The summed E-state index contributed by atoms with van der Waals surface area (Å²) >= 11 is 0. The van der Waals surface area contributed by atoms with E-state index in [4.69, 9.17) is 4.74 Å².